The minimum absolute atomic E-state index is 0.00914. The van der Waals surface area contributed by atoms with Gasteiger partial charge in [0.25, 0.3) is 0 Å². The summed E-state index contributed by atoms with van der Waals surface area (Å²) in [6, 6.07) is 4.22. The van der Waals surface area contributed by atoms with Crippen LogP contribution in [0.4, 0.5) is 0 Å². The van der Waals surface area contributed by atoms with Crippen LogP contribution >= 0.6 is 0 Å². The van der Waals surface area contributed by atoms with E-state index in [4.69, 9.17) is 0 Å². The predicted molar refractivity (Wildman–Crippen MR) is 78.7 cm³/mol. The van der Waals surface area contributed by atoms with E-state index in [1.807, 2.05) is 19.1 Å². The van der Waals surface area contributed by atoms with E-state index in [-0.39, 0.29) is 17.5 Å². The molecule has 0 spiro atoms. The van der Waals surface area contributed by atoms with E-state index in [0.717, 1.165) is 17.7 Å². The Morgan fingerprint density at radius 3 is 2.70 bits per heavy atom. The van der Waals surface area contributed by atoms with E-state index in [1.165, 1.54) is 0 Å². The summed E-state index contributed by atoms with van der Waals surface area (Å²) in [5, 5.41) is 3.00. The lowest BCUT2D eigenvalue weighted by atomic mass is 9.85. The first-order valence-corrected chi connectivity index (χ1v) is 7.06. The van der Waals surface area contributed by atoms with Crippen LogP contribution in [0, 0.1) is 12.3 Å². The molecule has 2 rings (SSSR count). The molecule has 1 amide bonds. The number of carbonyl (C=O) groups is 1. The summed E-state index contributed by atoms with van der Waals surface area (Å²) in [5.41, 5.74) is 8.46. The fraction of sp³-hybridized carbons (Fsp3) is 0.600. The van der Waals surface area contributed by atoms with Gasteiger partial charge in [0.2, 0.25) is 5.91 Å². The van der Waals surface area contributed by atoms with Crippen LogP contribution in [0.25, 0.3) is 0 Å². The summed E-state index contributed by atoms with van der Waals surface area (Å²) < 4.78 is 0. The fourth-order valence-electron chi connectivity index (χ4n) is 2.25. The molecule has 0 aliphatic carbocycles. The van der Waals surface area contributed by atoms with Crippen molar-refractivity contribution in [2.45, 2.75) is 52.7 Å². The molecule has 3 N–H and O–H groups in total. The molecule has 5 nitrogen and oxygen atoms in total. The lowest BCUT2D eigenvalue weighted by molar-refractivity contribution is -0.121. The molecule has 5 heteroatoms. The molecule has 20 heavy (non-hydrogen) atoms. The smallest absolute Gasteiger partial charge is 0.225 e. The van der Waals surface area contributed by atoms with Gasteiger partial charge in [-0.2, -0.15) is 0 Å². The monoisotopic (exact) mass is 276 g/mol. The van der Waals surface area contributed by atoms with E-state index in [0.29, 0.717) is 12.5 Å². The summed E-state index contributed by atoms with van der Waals surface area (Å²) in [6.07, 6.45) is 3.00. The number of amides is 1. The number of aromatic nitrogens is 1. The van der Waals surface area contributed by atoms with Crippen LogP contribution in [-0.4, -0.2) is 23.1 Å². The summed E-state index contributed by atoms with van der Waals surface area (Å²) in [6.45, 7) is 8.50. The van der Waals surface area contributed by atoms with Gasteiger partial charge in [-0.15, -0.1) is 0 Å². The number of hydrogen-bond acceptors (Lipinski definition) is 4. The van der Waals surface area contributed by atoms with Crippen molar-refractivity contribution in [1.29, 1.82) is 0 Å². The summed E-state index contributed by atoms with van der Waals surface area (Å²) in [4.78, 5) is 16.2. The molecule has 1 aromatic rings. The molecule has 1 aliphatic heterocycles. The highest BCUT2D eigenvalue weighted by molar-refractivity contribution is 5.78. The second kappa shape index (κ2) is 5.89. The number of hydrogen-bond donors (Lipinski definition) is 3. The van der Waals surface area contributed by atoms with Crippen LogP contribution < -0.4 is 16.2 Å². The Balaban J connectivity index is 1.82. The number of hydrazine groups is 1. The zero-order valence-electron chi connectivity index (χ0n) is 12.7. The van der Waals surface area contributed by atoms with Crippen LogP contribution in [-0.2, 0) is 11.2 Å². The second-order valence-electron chi connectivity index (χ2n) is 6.55. The van der Waals surface area contributed by atoms with Crippen LogP contribution in [0.15, 0.2) is 18.3 Å². The van der Waals surface area contributed by atoms with Crippen molar-refractivity contribution in [1.82, 2.24) is 21.2 Å². The van der Waals surface area contributed by atoms with Gasteiger partial charge < -0.3 is 5.32 Å². The van der Waals surface area contributed by atoms with E-state index in [9.17, 15) is 4.79 Å². The van der Waals surface area contributed by atoms with Crippen molar-refractivity contribution in [2.24, 2.45) is 5.41 Å². The zero-order chi connectivity index (χ0) is 14.8. The van der Waals surface area contributed by atoms with Gasteiger partial charge in [0.15, 0.2) is 0 Å². The van der Waals surface area contributed by atoms with Crippen LogP contribution in [0.5, 0.6) is 0 Å². The Morgan fingerprint density at radius 2 is 2.15 bits per heavy atom. The maximum Gasteiger partial charge on any atom is 0.225 e. The minimum Gasteiger partial charge on any atom is -0.339 e. The second-order valence-corrected chi connectivity index (χ2v) is 6.55. The van der Waals surface area contributed by atoms with Gasteiger partial charge in [0.05, 0.1) is 12.6 Å². The van der Waals surface area contributed by atoms with Crippen LogP contribution in [0.2, 0.25) is 0 Å². The molecule has 1 aromatic heterocycles. The first-order valence-electron chi connectivity index (χ1n) is 7.06. The Kier molecular flexibility index (Phi) is 4.40. The van der Waals surface area contributed by atoms with Gasteiger partial charge in [-0.3, -0.25) is 15.2 Å². The third kappa shape index (κ3) is 4.02. The van der Waals surface area contributed by atoms with E-state index in [1.54, 1.807) is 6.20 Å². The number of rotatable bonds is 3. The van der Waals surface area contributed by atoms with Gasteiger partial charge in [-0.05, 0) is 30.4 Å². The van der Waals surface area contributed by atoms with Crippen molar-refractivity contribution in [3.63, 3.8) is 0 Å². The average Bonchev–Trinajstić information content (AvgIpc) is 2.80. The molecule has 0 saturated carbocycles. The Bertz CT molecular complexity index is 464. The first kappa shape index (κ1) is 14.9. The fourth-order valence-corrected chi connectivity index (χ4v) is 2.25. The van der Waals surface area contributed by atoms with Crippen molar-refractivity contribution in [2.75, 3.05) is 0 Å². The maximum atomic E-state index is 12.0. The highest BCUT2D eigenvalue weighted by Gasteiger charge is 2.33. The third-order valence-corrected chi connectivity index (χ3v) is 3.62. The molecule has 2 atom stereocenters. The van der Waals surface area contributed by atoms with E-state index >= 15 is 0 Å². The molecule has 0 bridgehead atoms. The molecule has 110 valence electrons. The van der Waals surface area contributed by atoms with Gasteiger partial charge >= 0.3 is 0 Å². The normalized spacial score (nSPS) is 22.8. The predicted octanol–water partition coefficient (Wildman–Crippen LogP) is 1.29. The molecule has 0 radical (unpaired) electrons. The van der Waals surface area contributed by atoms with Gasteiger partial charge in [-0.25, -0.2) is 5.43 Å². The topological polar surface area (TPSA) is 66.1 Å². The molecule has 1 saturated heterocycles. The molecule has 0 aromatic carbocycles. The van der Waals surface area contributed by atoms with Crippen LogP contribution in [0.1, 0.15) is 38.4 Å². The Hall–Kier alpha value is -1.46. The minimum atomic E-state index is -0.00914. The number of aryl methyl sites for hydroxylation is 1. The van der Waals surface area contributed by atoms with Crippen molar-refractivity contribution in [3.8, 4) is 0 Å². The molecule has 2 unspecified atom stereocenters. The molecule has 1 aliphatic rings. The summed E-state index contributed by atoms with van der Waals surface area (Å²) in [5.74, 6) is 0.0181. The lowest BCUT2D eigenvalue weighted by Gasteiger charge is -2.25. The van der Waals surface area contributed by atoms with Crippen molar-refractivity contribution < 1.29 is 4.79 Å². The Labute approximate surface area is 120 Å². The molecular formula is C15H24N4O. The molecule has 1 fully saturated rings. The van der Waals surface area contributed by atoms with Gasteiger partial charge in [0.1, 0.15) is 0 Å². The summed E-state index contributed by atoms with van der Waals surface area (Å²) >= 11 is 0. The number of nitrogens with one attached hydrogen (secondary N) is 3. The number of nitrogens with zero attached hydrogens (tertiary/aromatic N) is 1. The van der Waals surface area contributed by atoms with Crippen LogP contribution in [0.3, 0.4) is 0 Å². The zero-order valence-corrected chi connectivity index (χ0v) is 12.7. The highest BCUT2D eigenvalue weighted by Crippen LogP contribution is 2.24. The first-order chi connectivity index (χ1) is 9.34. The number of carbonyl (C=O) groups excluding carboxylic acids is 1. The SMILES string of the molecule is Cc1ccc(CC(=O)NC2CC(C(C)(C)C)NN2)cn1. The molecular weight excluding hydrogens is 252 g/mol. The van der Waals surface area contributed by atoms with E-state index in [2.05, 4.69) is 41.9 Å². The van der Waals surface area contributed by atoms with Gasteiger partial charge in [-0.1, -0.05) is 26.8 Å². The quantitative estimate of drug-likeness (QED) is 0.778. The van der Waals surface area contributed by atoms with Crippen molar-refractivity contribution in [3.05, 3.63) is 29.6 Å². The lowest BCUT2D eigenvalue weighted by Crippen LogP contribution is -2.45. The highest BCUT2D eigenvalue weighted by atomic mass is 16.1. The van der Waals surface area contributed by atoms with E-state index < -0.39 is 0 Å². The maximum absolute atomic E-state index is 12.0. The molecule has 2 heterocycles. The van der Waals surface area contributed by atoms with Gasteiger partial charge in [0, 0.05) is 17.9 Å². The number of pyridine rings is 1. The summed E-state index contributed by atoms with van der Waals surface area (Å²) in [7, 11) is 0. The van der Waals surface area contributed by atoms with Crippen molar-refractivity contribution >= 4 is 5.91 Å². The standard InChI is InChI=1S/C15H24N4O/c1-10-5-6-11(9-16-10)7-14(20)17-13-8-12(18-19-13)15(2,3)4/h5-6,9,12-13,18-19H,7-8H2,1-4H3,(H,17,20). The average molecular weight is 276 g/mol. The largest absolute Gasteiger partial charge is 0.339 e. The third-order valence-electron chi connectivity index (χ3n) is 3.62. The Morgan fingerprint density at radius 1 is 1.40 bits per heavy atom.